The van der Waals surface area contributed by atoms with Crippen molar-refractivity contribution in [3.8, 4) is 6.07 Å². The van der Waals surface area contributed by atoms with Crippen molar-refractivity contribution < 1.29 is 4.39 Å². The van der Waals surface area contributed by atoms with Gasteiger partial charge in [-0.3, -0.25) is 0 Å². The number of benzene rings is 1. The topological polar surface area (TPSA) is 64.8 Å². The lowest BCUT2D eigenvalue weighted by atomic mass is 10.0. The van der Waals surface area contributed by atoms with Crippen molar-refractivity contribution in [1.82, 2.24) is 9.97 Å². The molecule has 2 heterocycles. The molecule has 128 valence electrons. The molecule has 0 radical (unpaired) electrons. The molecule has 1 saturated carbocycles. The van der Waals surface area contributed by atoms with Crippen LogP contribution in [0, 0.1) is 17.1 Å². The summed E-state index contributed by atoms with van der Waals surface area (Å²) >= 11 is 0. The van der Waals surface area contributed by atoms with Crippen LogP contribution in [-0.2, 0) is 0 Å². The van der Waals surface area contributed by atoms with Crippen molar-refractivity contribution in [2.24, 2.45) is 0 Å². The fraction of sp³-hybridized carbons (Fsp3) is 0.421. The highest BCUT2D eigenvalue weighted by atomic mass is 19.1. The van der Waals surface area contributed by atoms with Crippen LogP contribution in [0.5, 0.6) is 0 Å². The Morgan fingerprint density at radius 1 is 1.16 bits per heavy atom. The highest BCUT2D eigenvalue weighted by molar-refractivity contribution is 5.52. The van der Waals surface area contributed by atoms with E-state index in [0.717, 1.165) is 43.3 Å². The molecule has 2 fully saturated rings. The predicted molar refractivity (Wildman–Crippen MR) is 94.0 cm³/mol. The summed E-state index contributed by atoms with van der Waals surface area (Å²) in [5, 5.41) is 12.5. The average molecular weight is 337 g/mol. The van der Waals surface area contributed by atoms with Crippen LogP contribution < -0.4 is 10.2 Å². The molecule has 1 saturated heterocycles. The lowest BCUT2D eigenvalue weighted by Gasteiger charge is -2.34. The lowest BCUT2D eigenvalue weighted by molar-refractivity contribution is 0.524. The Hall–Kier alpha value is -2.68. The molecule has 25 heavy (non-hydrogen) atoms. The zero-order valence-electron chi connectivity index (χ0n) is 14.0. The smallest absolute Gasteiger partial charge is 0.133 e. The molecular weight excluding hydrogens is 317 g/mol. The zero-order valence-corrected chi connectivity index (χ0v) is 14.0. The van der Waals surface area contributed by atoms with E-state index in [1.807, 2.05) is 18.3 Å². The maximum atomic E-state index is 13.6. The second-order valence-corrected chi connectivity index (χ2v) is 6.79. The van der Waals surface area contributed by atoms with Crippen LogP contribution in [0.1, 0.15) is 43.0 Å². The molecule has 1 aliphatic heterocycles. The second kappa shape index (κ2) is 6.67. The molecule has 1 N–H and O–H groups in total. The Morgan fingerprint density at radius 2 is 1.96 bits per heavy atom. The van der Waals surface area contributed by atoms with Crippen molar-refractivity contribution in [2.75, 3.05) is 23.3 Å². The van der Waals surface area contributed by atoms with Crippen LogP contribution in [0.15, 0.2) is 30.5 Å². The van der Waals surface area contributed by atoms with E-state index in [9.17, 15) is 4.39 Å². The molecule has 4 rings (SSSR count). The van der Waals surface area contributed by atoms with E-state index < -0.39 is 0 Å². The summed E-state index contributed by atoms with van der Waals surface area (Å²) in [6.45, 7) is 1.65. The number of nitrogens with one attached hydrogen (secondary N) is 1. The van der Waals surface area contributed by atoms with Crippen LogP contribution in [0.2, 0.25) is 0 Å². The third-order valence-corrected chi connectivity index (χ3v) is 4.84. The molecule has 2 aromatic rings. The summed E-state index contributed by atoms with van der Waals surface area (Å²) in [5.74, 6) is 2.04. The number of nitriles is 1. The van der Waals surface area contributed by atoms with Gasteiger partial charge in [0.05, 0.1) is 11.6 Å². The van der Waals surface area contributed by atoms with Gasteiger partial charge < -0.3 is 10.2 Å². The number of nitrogens with zero attached hydrogens (tertiary/aromatic N) is 4. The van der Waals surface area contributed by atoms with Gasteiger partial charge in [0.1, 0.15) is 17.5 Å². The summed E-state index contributed by atoms with van der Waals surface area (Å²) < 4.78 is 13.6. The molecule has 1 aliphatic carbocycles. The van der Waals surface area contributed by atoms with Gasteiger partial charge in [0.15, 0.2) is 0 Å². The first-order valence-corrected chi connectivity index (χ1v) is 8.76. The van der Waals surface area contributed by atoms with Gasteiger partial charge in [0, 0.05) is 36.9 Å². The van der Waals surface area contributed by atoms with Crippen LogP contribution in [-0.4, -0.2) is 29.1 Å². The SMILES string of the molecule is N#Cc1cc(F)cc(N2CCC(Nc3ccnc(C4CC4)n3)CC2)c1. The minimum atomic E-state index is -0.358. The van der Waals surface area contributed by atoms with E-state index in [0.29, 0.717) is 17.5 Å². The van der Waals surface area contributed by atoms with E-state index >= 15 is 0 Å². The third-order valence-electron chi connectivity index (χ3n) is 4.84. The molecule has 0 amide bonds. The number of anilines is 2. The number of hydrogen-bond acceptors (Lipinski definition) is 5. The van der Waals surface area contributed by atoms with Gasteiger partial charge in [-0.2, -0.15) is 5.26 Å². The highest BCUT2D eigenvalue weighted by Crippen LogP contribution is 2.38. The monoisotopic (exact) mass is 337 g/mol. The molecule has 0 unspecified atom stereocenters. The van der Waals surface area contributed by atoms with Crippen molar-refractivity contribution in [3.63, 3.8) is 0 Å². The summed E-state index contributed by atoms with van der Waals surface area (Å²) in [5.41, 5.74) is 1.15. The minimum absolute atomic E-state index is 0.349. The van der Waals surface area contributed by atoms with Gasteiger partial charge in [-0.05, 0) is 49.9 Å². The normalized spacial score (nSPS) is 18.0. The summed E-state index contributed by atoms with van der Waals surface area (Å²) in [6.07, 6.45) is 6.11. The summed E-state index contributed by atoms with van der Waals surface area (Å²) in [4.78, 5) is 11.1. The molecule has 1 aromatic carbocycles. The van der Waals surface area contributed by atoms with Crippen LogP contribution in [0.25, 0.3) is 0 Å². The largest absolute Gasteiger partial charge is 0.371 e. The molecule has 2 aliphatic rings. The van der Waals surface area contributed by atoms with Crippen molar-refractivity contribution in [1.29, 1.82) is 5.26 Å². The van der Waals surface area contributed by atoms with E-state index in [1.54, 1.807) is 6.07 Å². The number of rotatable bonds is 4. The Bertz CT molecular complexity index is 804. The first kappa shape index (κ1) is 15.8. The van der Waals surface area contributed by atoms with Crippen molar-refractivity contribution in [3.05, 3.63) is 47.7 Å². The third kappa shape index (κ3) is 3.71. The van der Waals surface area contributed by atoms with Crippen LogP contribution >= 0.6 is 0 Å². The van der Waals surface area contributed by atoms with Gasteiger partial charge in [0.2, 0.25) is 0 Å². The van der Waals surface area contributed by atoms with Gasteiger partial charge in [-0.15, -0.1) is 0 Å². The Kier molecular flexibility index (Phi) is 4.22. The van der Waals surface area contributed by atoms with Crippen LogP contribution in [0.4, 0.5) is 15.9 Å². The maximum Gasteiger partial charge on any atom is 0.133 e. The van der Waals surface area contributed by atoms with E-state index in [1.165, 1.54) is 25.0 Å². The molecular formula is C19H20FN5. The molecule has 0 atom stereocenters. The number of piperidine rings is 1. The molecule has 0 spiro atoms. The first-order valence-electron chi connectivity index (χ1n) is 8.76. The highest BCUT2D eigenvalue weighted by Gasteiger charge is 2.27. The quantitative estimate of drug-likeness (QED) is 0.926. The minimum Gasteiger partial charge on any atom is -0.371 e. The number of hydrogen-bond donors (Lipinski definition) is 1. The fourth-order valence-electron chi connectivity index (χ4n) is 3.30. The van der Waals surface area contributed by atoms with Crippen molar-refractivity contribution in [2.45, 2.75) is 37.6 Å². The lowest BCUT2D eigenvalue weighted by Crippen LogP contribution is -2.39. The molecule has 6 heteroatoms. The number of aromatic nitrogens is 2. The molecule has 5 nitrogen and oxygen atoms in total. The zero-order chi connectivity index (χ0) is 17.2. The summed E-state index contributed by atoms with van der Waals surface area (Å²) in [6, 6.07) is 8.81. The van der Waals surface area contributed by atoms with Crippen LogP contribution in [0.3, 0.4) is 0 Å². The van der Waals surface area contributed by atoms with Gasteiger partial charge in [0.25, 0.3) is 0 Å². The van der Waals surface area contributed by atoms with Crippen molar-refractivity contribution >= 4 is 11.5 Å². The van der Waals surface area contributed by atoms with Gasteiger partial charge in [-0.25, -0.2) is 14.4 Å². The standard InChI is InChI=1S/C19H20FN5/c20-15-9-13(12-21)10-17(11-15)25-7-4-16(5-8-25)23-18-3-6-22-19(24-18)14-1-2-14/h3,6,9-11,14,16H,1-2,4-5,7-8H2,(H,22,23,24). The fourth-order valence-corrected chi connectivity index (χ4v) is 3.30. The van der Waals surface area contributed by atoms with E-state index in [4.69, 9.17) is 5.26 Å². The van der Waals surface area contributed by atoms with E-state index in [-0.39, 0.29) is 5.82 Å². The number of halogens is 1. The average Bonchev–Trinajstić information content (AvgIpc) is 3.47. The predicted octanol–water partition coefficient (Wildman–Crippen LogP) is 3.45. The summed E-state index contributed by atoms with van der Waals surface area (Å²) in [7, 11) is 0. The van der Waals surface area contributed by atoms with E-state index in [2.05, 4.69) is 20.2 Å². The van der Waals surface area contributed by atoms with Gasteiger partial charge in [-0.1, -0.05) is 0 Å². The first-order chi connectivity index (χ1) is 12.2. The Morgan fingerprint density at radius 3 is 2.68 bits per heavy atom. The molecule has 0 bridgehead atoms. The van der Waals surface area contributed by atoms with Gasteiger partial charge >= 0.3 is 0 Å². The Balaban J connectivity index is 1.37. The Labute approximate surface area is 146 Å². The second-order valence-electron chi connectivity index (χ2n) is 6.79. The molecule has 1 aromatic heterocycles. The maximum absolute atomic E-state index is 13.6.